The van der Waals surface area contributed by atoms with E-state index < -0.39 is 0 Å². The Hall–Kier alpha value is -3.04. The van der Waals surface area contributed by atoms with Gasteiger partial charge in [-0.3, -0.25) is 4.79 Å². The number of halogens is 1. The van der Waals surface area contributed by atoms with Crippen molar-refractivity contribution in [3.63, 3.8) is 0 Å². The lowest BCUT2D eigenvalue weighted by atomic mass is 10.2. The number of amides is 1. The van der Waals surface area contributed by atoms with Crippen molar-refractivity contribution >= 4 is 38.9 Å². The Kier molecular flexibility index (Phi) is 6.50. The zero-order chi connectivity index (χ0) is 20.8. The maximum atomic E-state index is 12.4. The molecule has 0 aliphatic carbocycles. The van der Waals surface area contributed by atoms with E-state index in [4.69, 9.17) is 4.74 Å². The van der Waals surface area contributed by atoms with Crippen molar-refractivity contribution in [2.45, 2.75) is 13.0 Å². The monoisotopic (exact) mass is 483 g/mol. The first kappa shape index (κ1) is 20.2. The second-order valence-corrected chi connectivity index (χ2v) is 8.19. The molecule has 0 aliphatic heterocycles. The van der Waals surface area contributed by atoms with E-state index in [-0.39, 0.29) is 12.3 Å². The van der Waals surface area contributed by atoms with E-state index in [1.54, 1.807) is 17.1 Å². The molecule has 152 valence electrons. The number of aromatic nitrogens is 4. The minimum atomic E-state index is -0.124. The van der Waals surface area contributed by atoms with Gasteiger partial charge in [-0.25, -0.2) is 14.6 Å². The fraction of sp³-hybridized carbons (Fsp3) is 0.143. The van der Waals surface area contributed by atoms with Gasteiger partial charge in [0.1, 0.15) is 30.0 Å². The molecule has 4 aromatic rings. The van der Waals surface area contributed by atoms with E-state index in [0.717, 1.165) is 20.7 Å². The maximum absolute atomic E-state index is 12.4. The average molecular weight is 484 g/mol. The fourth-order valence-electron chi connectivity index (χ4n) is 2.78. The minimum Gasteiger partial charge on any atom is -0.492 e. The summed E-state index contributed by atoms with van der Waals surface area (Å²) in [5, 5.41) is 9.74. The zero-order valence-electron chi connectivity index (χ0n) is 15.9. The number of anilines is 1. The minimum absolute atomic E-state index is 0.124. The van der Waals surface area contributed by atoms with Crippen LogP contribution in [0.4, 0.5) is 5.69 Å². The molecule has 0 fully saturated rings. The van der Waals surface area contributed by atoms with Crippen LogP contribution >= 0.6 is 27.3 Å². The van der Waals surface area contributed by atoms with Gasteiger partial charge in [-0.05, 0) is 24.3 Å². The van der Waals surface area contributed by atoms with Gasteiger partial charge in [-0.1, -0.05) is 34.1 Å². The smallest absolute Gasteiger partial charge is 0.230 e. The van der Waals surface area contributed by atoms with Crippen LogP contribution in [0.15, 0.2) is 71.0 Å². The molecule has 0 unspecified atom stereocenters. The number of hydrogen-bond donors (Lipinski definition) is 1. The van der Waals surface area contributed by atoms with Crippen LogP contribution in [0.2, 0.25) is 0 Å². The van der Waals surface area contributed by atoms with Crippen LogP contribution in [0.1, 0.15) is 5.69 Å². The van der Waals surface area contributed by atoms with Crippen molar-refractivity contribution in [2.75, 3.05) is 11.9 Å². The quantitative estimate of drug-likeness (QED) is 0.400. The van der Waals surface area contributed by atoms with Crippen molar-refractivity contribution in [3.05, 3.63) is 76.7 Å². The molecule has 4 rings (SSSR count). The van der Waals surface area contributed by atoms with Crippen molar-refractivity contribution in [2.24, 2.45) is 0 Å². The Balaban J connectivity index is 1.32. The van der Waals surface area contributed by atoms with Crippen LogP contribution in [0.5, 0.6) is 5.75 Å². The SMILES string of the molecule is O=C(Cc1csc(-c2cccc(Br)c2)n1)Nc1cccc(OCCn2cncn2)c1. The highest BCUT2D eigenvalue weighted by Crippen LogP contribution is 2.26. The van der Waals surface area contributed by atoms with Crippen LogP contribution in [0, 0.1) is 0 Å². The van der Waals surface area contributed by atoms with E-state index in [0.29, 0.717) is 24.6 Å². The van der Waals surface area contributed by atoms with Crippen LogP contribution in [0.25, 0.3) is 10.6 Å². The summed E-state index contributed by atoms with van der Waals surface area (Å²) >= 11 is 5.00. The van der Waals surface area contributed by atoms with Gasteiger partial charge in [0.15, 0.2) is 0 Å². The van der Waals surface area contributed by atoms with E-state index in [1.165, 1.54) is 17.7 Å². The van der Waals surface area contributed by atoms with E-state index in [1.807, 2.05) is 47.8 Å². The summed E-state index contributed by atoms with van der Waals surface area (Å²) in [4.78, 5) is 20.9. The van der Waals surface area contributed by atoms with Crippen LogP contribution in [-0.4, -0.2) is 32.3 Å². The van der Waals surface area contributed by atoms with Gasteiger partial charge >= 0.3 is 0 Å². The Morgan fingerprint density at radius 1 is 1.20 bits per heavy atom. The molecule has 9 heteroatoms. The van der Waals surface area contributed by atoms with Crippen molar-refractivity contribution in [1.29, 1.82) is 0 Å². The number of thiazole rings is 1. The molecular formula is C21H18BrN5O2S. The van der Waals surface area contributed by atoms with Gasteiger partial charge in [0.25, 0.3) is 0 Å². The van der Waals surface area contributed by atoms with Crippen molar-refractivity contribution < 1.29 is 9.53 Å². The first-order valence-electron chi connectivity index (χ1n) is 9.21. The molecule has 2 aromatic heterocycles. The first-order valence-corrected chi connectivity index (χ1v) is 10.9. The third-order valence-corrected chi connectivity index (χ3v) is 5.57. The lowest BCUT2D eigenvalue weighted by Gasteiger charge is -2.09. The van der Waals surface area contributed by atoms with E-state index in [9.17, 15) is 4.79 Å². The summed E-state index contributed by atoms with van der Waals surface area (Å²) in [6.45, 7) is 1.05. The van der Waals surface area contributed by atoms with Crippen molar-refractivity contribution in [1.82, 2.24) is 19.7 Å². The van der Waals surface area contributed by atoms with E-state index >= 15 is 0 Å². The topological polar surface area (TPSA) is 81.9 Å². The summed E-state index contributed by atoms with van der Waals surface area (Å²) in [6.07, 6.45) is 3.34. The summed E-state index contributed by atoms with van der Waals surface area (Å²) in [6, 6.07) is 15.3. The Labute approximate surface area is 185 Å². The molecule has 2 aromatic carbocycles. The largest absolute Gasteiger partial charge is 0.492 e. The fourth-order valence-corrected chi connectivity index (χ4v) is 4.00. The lowest BCUT2D eigenvalue weighted by Crippen LogP contribution is -2.14. The molecule has 1 amide bonds. The predicted molar refractivity (Wildman–Crippen MR) is 120 cm³/mol. The van der Waals surface area contributed by atoms with Gasteiger partial charge in [0.05, 0.1) is 18.7 Å². The van der Waals surface area contributed by atoms with Crippen LogP contribution in [-0.2, 0) is 17.8 Å². The number of carbonyl (C=O) groups excluding carboxylic acids is 1. The summed E-state index contributed by atoms with van der Waals surface area (Å²) in [5.74, 6) is 0.555. The third kappa shape index (κ3) is 5.52. The molecule has 7 nitrogen and oxygen atoms in total. The molecule has 30 heavy (non-hydrogen) atoms. The van der Waals surface area contributed by atoms with Crippen LogP contribution < -0.4 is 10.1 Å². The van der Waals surface area contributed by atoms with Gasteiger partial charge in [0, 0.05) is 27.2 Å². The summed E-state index contributed by atoms with van der Waals surface area (Å²) in [5.41, 5.74) is 2.45. The highest BCUT2D eigenvalue weighted by molar-refractivity contribution is 9.10. The molecule has 0 saturated heterocycles. The second kappa shape index (κ2) is 9.64. The number of nitrogens with zero attached hydrogens (tertiary/aromatic N) is 4. The maximum Gasteiger partial charge on any atom is 0.230 e. The molecule has 0 aliphatic rings. The van der Waals surface area contributed by atoms with Gasteiger partial charge < -0.3 is 10.1 Å². The average Bonchev–Trinajstić information content (AvgIpc) is 3.40. The Morgan fingerprint density at radius 2 is 2.10 bits per heavy atom. The predicted octanol–water partition coefficient (Wildman–Crippen LogP) is 4.42. The molecule has 0 radical (unpaired) electrons. The zero-order valence-corrected chi connectivity index (χ0v) is 18.3. The molecule has 0 spiro atoms. The first-order chi connectivity index (χ1) is 14.7. The molecule has 0 atom stereocenters. The highest BCUT2D eigenvalue weighted by atomic mass is 79.9. The van der Waals surface area contributed by atoms with Gasteiger partial charge in [0.2, 0.25) is 5.91 Å². The second-order valence-electron chi connectivity index (χ2n) is 6.41. The normalized spacial score (nSPS) is 10.7. The molecule has 0 saturated carbocycles. The highest BCUT2D eigenvalue weighted by Gasteiger charge is 2.10. The molecule has 2 heterocycles. The molecule has 1 N–H and O–H groups in total. The number of rotatable bonds is 8. The summed E-state index contributed by atoms with van der Waals surface area (Å²) < 4.78 is 8.42. The Morgan fingerprint density at radius 3 is 2.93 bits per heavy atom. The Bertz CT molecular complexity index is 1130. The molecular weight excluding hydrogens is 466 g/mol. The summed E-state index contributed by atoms with van der Waals surface area (Å²) in [7, 11) is 0. The number of carbonyl (C=O) groups is 1. The standard InChI is InChI=1S/C21H18BrN5O2S/c22-16-4-1-3-15(9-16)21-26-18(12-30-21)11-20(28)25-17-5-2-6-19(10-17)29-8-7-27-14-23-13-24-27/h1-6,9-10,12-14H,7-8,11H2,(H,25,28). The van der Waals surface area contributed by atoms with Crippen molar-refractivity contribution in [3.8, 4) is 16.3 Å². The number of ether oxygens (including phenoxy) is 1. The van der Waals surface area contributed by atoms with Gasteiger partial charge in [-0.15, -0.1) is 11.3 Å². The number of benzene rings is 2. The number of hydrogen-bond acceptors (Lipinski definition) is 6. The van der Waals surface area contributed by atoms with Crippen LogP contribution in [0.3, 0.4) is 0 Å². The van der Waals surface area contributed by atoms with E-state index in [2.05, 4.69) is 36.3 Å². The molecule has 0 bridgehead atoms. The number of nitrogens with one attached hydrogen (secondary N) is 1. The van der Waals surface area contributed by atoms with Gasteiger partial charge in [-0.2, -0.15) is 5.10 Å². The third-order valence-electron chi connectivity index (χ3n) is 4.14. The lowest BCUT2D eigenvalue weighted by molar-refractivity contribution is -0.115.